The van der Waals surface area contributed by atoms with Crippen molar-refractivity contribution >= 4 is 28.9 Å². The van der Waals surface area contributed by atoms with Gasteiger partial charge >= 0.3 is 0 Å². The van der Waals surface area contributed by atoms with Gasteiger partial charge in [-0.15, -0.1) is 0 Å². The molecule has 30 heavy (non-hydrogen) atoms. The minimum atomic E-state index is -0.597. The molecule has 1 aromatic heterocycles. The number of carbonyl (C=O) groups excluding carboxylic acids is 1. The summed E-state index contributed by atoms with van der Waals surface area (Å²) in [7, 11) is 4.68. The summed E-state index contributed by atoms with van der Waals surface area (Å²) in [4.78, 5) is 19.3. The lowest BCUT2D eigenvalue weighted by atomic mass is 10.2. The first kappa shape index (κ1) is 19.8. The van der Waals surface area contributed by atoms with E-state index in [0.717, 1.165) is 0 Å². The molecule has 2 heterocycles. The number of carbonyl (C=O) groups is 1. The monoisotopic (exact) mass is 425 g/mol. The Hall–Kier alpha value is -3.45. The first-order chi connectivity index (χ1) is 14.6. The van der Waals surface area contributed by atoms with Crippen molar-refractivity contribution in [2.75, 3.05) is 31.5 Å². The summed E-state index contributed by atoms with van der Waals surface area (Å²) in [6.45, 7) is 0. The van der Waals surface area contributed by atoms with E-state index in [1.165, 1.54) is 0 Å². The van der Waals surface area contributed by atoms with Gasteiger partial charge in [-0.2, -0.15) is 0 Å². The van der Waals surface area contributed by atoms with Gasteiger partial charge in [0.25, 0.3) is 5.91 Å². The second-order valence-electron chi connectivity index (χ2n) is 6.55. The highest BCUT2D eigenvalue weighted by Gasteiger charge is 2.39. The molecule has 8 heteroatoms. The third-order valence-electron chi connectivity index (χ3n) is 4.90. The van der Waals surface area contributed by atoms with Crippen molar-refractivity contribution in [3.05, 3.63) is 71.0 Å². The van der Waals surface area contributed by atoms with Crippen LogP contribution in [0.3, 0.4) is 0 Å². The summed E-state index contributed by atoms with van der Waals surface area (Å²) in [5.41, 5.74) is 2.31. The molecule has 0 radical (unpaired) electrons. The summed E-state index contributed by atoms with van der Waals surface area (Å²) in [5.74, 6) is 1.52. The number of nitrogens with one attached hydrogen (secondary N) is 1. The number of aromatic nitrogens is 1. The summed E-state index contributed by atoms with van der Waals surface area (Å²) >= 11 is 6.51. The van der Waals surface area contributed by atoms with Crippen LogP contribution in [0.4, 0.5) is 11.4 Å². The SMILES string of the molecule is COc1cccc(N2C(=O)c3cccnc3[C@@H]2Nc2c(Cl)cc(OC)cc2OC)c1. The molecule has 0 unspecified atom stereocenters. The third-order valence-corrected chi connectivity index (χ3v) is 5.20. The van der Waals surface area contributed by atoms with Crippen molar-refractivity contribution in [2.45, 2.75) is 6.17 Å². The largest absolute Gasteiger partial charge is 0.497 e. The molecule has 7 nitrogen and oxygen atoms in total. The molecule has 2 aromatic carbocycles. The van der Waals surface area contributed by atoms with E-state index >= 15 is 0 Å². The standard InChI is InChI=1S/C22H20ClN3O4/c1-28-14-7-4-6-13(10-14)26-21(19-16(22(26)27)8-5-9-24-19)25-20-17(23)11-15(29-2)12-18(20)30-3/h4-12,21,25H,1-3H3/t21-/m1/s1. The van der Waals surface area contributed by atoms with Crippen molar-refractivity contribution in [3.8, 4) is 17.2 Å². The number of halogens is 1. The van der Waals surface area contributed by atoms with E-state index in [9.17, 15) is 4.79 Å². The van der Waals surface area contributed by atoms with Gasteiger partial charge in [0, 0.05) is 24.4 Å². The number of anilines is 2. The second kappa shape index (κ2) is 8.12. The van der Waals surface area contributed by atoms with Gasteiger partial charge in [-0.1, -0.05) is 17.7 Å². The quantitative estimate of drug-likeness (QED) is 0.625. The zero-order chi connectivity index (χ0) is 21.3. The molecular formula is C22H20ClN3O4. The zero-order valence-corrected chi connectivity index (χ0v) is 17.4. The number of pyridine rings is 1. The Bertz CT molecular complexity index is 1110. The van der Waals surface area contributed by atoms with Gasteiger partial charge < -0.3 is 19.5 Å². The van der Waals surface area contributed by atoms with Gasteiger partial charge in [0.15, 0.2) is 6.17 Å². The number of hydrogen-bond donors (Lipinski definition) is 1. The molecule has 3 aromatic rings. The van der Waals surface area contributed by atoms with Crippen LogP contribution in [-0.2, 0) is 0 Å². The Labute approximate surface area is 179 Å². The van der Waals surface area contributed by atoms with Crippen LogP contribution in [0.1, 0.15) is 22.2 Å². The highest BCUT2D eigenvalue weighted by molar-refractivity contribution is 6.33. The van der Waals surface area contributed by atoms with Gasteiger partial charge in [-0.05, 0) is 24.3 Å². The van der Waals surface area contributed by atoms with Crippen LogP contribution in [0.25, 0.3) is 0 Å². The maximum absolute atomic E-state index is 13.3. The molecule has 1 aliphatic heterocycles. The Morgan fingerprint density at radius 2 is 1.80 bits per heavy atom. The zero-order valence-electron chi connectivity index (χ0n) is 16.7. The Morgan fingerprint density at radius 1 is 1.00 bits per heavy atom. The molecule has 0 fully saturated rings. The number of benzene rings is 2. The molecule has 4 rings (SSSR count). The maximum atomic E-state index is 13.3. The van der Waals surface area contributed by atoms with Crippen LogP contribution in [0.2, 0.25) is 5.02 Å². The number of amides is 1. The van der Waals surface area contributed by atoms with E-state index in [4.69, 9.17) is 25.8 Å². The first-order valence-corrected chi connectivity index (χ1v) is 9.55. The van der Waals surface area contributed by atoms with Gasteiger partial charge in [0.2, 0.25) is 0 Å². The van der Waals surface area contributed by atoms with E-state index in [1.807, 2.05) is 18.2 Å². The summed E-state index contributed by atoms with van der Waals surface area (Å²) < 4.78 is 16.1. The Morgan fingerprint density at radius 3 is 2.53 bits per heavy atom. The predicted octanol–water partition coefficient (Wildman–Crippen LogP) is 4.53. The van der Waals surface area contributed by atoms with Crippen molar-refractivity contribution in [3.63, 3.8) is 0 Å². The molecule has 0 aliphatic carbocycles. The van der Waals surface area contributed by atoms with E-state index in [-0.39, 0.29) is 5.91 Å². The van der Waals surface area contributed by atoms with Crippen molar-refractivity contribution in [1.29, 1.82) is 0 Å². The van der Waals surface area contributed by atoms with Crippen LogP contribution in [0.5, 0.6) is 17.2 Å². The van der Waals surface area contributed by atoms with Gasteiger partial charge in [0.1, 0.15) is 17.2 Å². The average molecular weight is 426 g/mol. The lowest BCUT2D eigenvalue weighted by Crippen LogP contribution is -2.32. The fourth-order valence-electron chi connectivity index (χ4n) is 3.46. The smallest absolute Gasteiger partial charge is 0.262 e. The lowest BCUT2D eigenvalue weighted by Gasteiger charge is -2.28. The highest BCUT2D eigenvalue weighted by Crippen LogP contribution is 2.43. The van der Waals surface area contributed by atoms with Crippen molar-refractivity contribution in [2.24, 2.45) is 0 Å². The maximum Gasteiger partial charge on any atom is 0.262 e. The molecule has 0 bridgehead atoms. The van der Waals surface area contributed by atoms with E-state index in [1.54, 1.807) is 62.8 Å². The number of nitrogens with zero attached hydrogens (tertiary/aromatic N) is 2. The number of methoxy groups -OCH3 is 3. The van der Waals surface area contributed by atoms with E-state index in [2.05, 4.69) is 10.3 Å². The number of hydrogen-bond acceptors (Lipinski definition) is 6. The van der Waals surface area contributed by atoms with Crippen LogP contribution in [0.15, 0.2) is 54.7 Å². The third kappa shape index (κ3) is 3.37. The van der Waals surface area contributed by atoms with Crippen molar-refractivity contribution in [1.82, 2.24) is 4.98 Å². The number of ether oxygens (including phenoxy) is 3. The normalized spacial score (nSPS) is 15.0. The summed E-state index contributed by atoms with van der Waals surface area (Å²) in [5, 5.41) is 3.74. The first-order valence-electron chi connectivity index (χ1n) is 9.18. The average Bonchev–Trinajstić information content (AvgIpc) is 3.06. The topological polar surface area (TPSA) is 72.9 Å². The molecule has 1 N–H and O–H groups in total. The number of rotatable bonds is 6. The lowest BCUT2D eigenvalue weighted by molar-refractivity contribution is 0.0993. The van der Waals surface area contributed by atoms with Gasteiger partial charge in [0.05, 0.1) is 49.0 Å². The Kier molecular flexibility index (Phi) is 5.37. The highest BCUT2D eigenvalue weighted by atomic mass is 35.5. The van der Waals surface area contributed by atoms with E-state index < -0.39 is 6.17 Å². The van der Waals surface area contributed by atoms with Crippen molar-refractivity contribution < 1.29 is 19.0 Å². The fourth-order valence-corrected chi connectivity index (χ4v) is 3.71. The molecule has 1 amide bonds. The fraction of sp³-hybridized carbons (Fsp3) is 0.182. The van der Waals surface area contributed by atoms with Crippen LogP contribution in [0, 0.1) is 0 Å². The summed E-state index contributed by atoms with van der Waals surface area (Å²) in [6, 6.07) is 14.2. The number of fused-ring (bicyclic) bond motifs is 1. The van der Waals surface area contributed by atoms with Crippen LogP contribution < -0.4 is 24.4 Å². The molecule has 1 aliphatic rings. The minimum absolute atomic E-state index is 0.174. The minimum Gasteiger partial charge on any atom is -0.497 e. The Balaban J connectivity index is 1.82. The van der Waals surface area contributed by atoms with Crippen LogP contribution >= 0.6 is 11.6 Å². The molecule has 154 valence electrons. The predicted molar refractivity (Wildman–Crippen MR) is 115 cm³/mol. The van der Waals surface area contributed by atoms with Gasteiger partial charge in [-0.3, -0.25) is 14.7 Å². The molecule has 0 saturated carbocycles. The molecule has 0 spiro atoms. The van der Waals surface area contributed by atoms with Gasteiger partial charge in [-0.25, -0.2) is 0 Å². The van der Waals surface area contributed by atoms with Crippen LogP contribution in [-0.4, -0.2) is 32.2 Å². The van der Waals surface area contributed by atoms with E-state index in [0.29, 0.717) is 44.9 Å². The molecule has 0 saturated heterocycles. The molecule has 1 atom stereocenters. The molecular weight excluding hydrogens is 406 g/mol. The second-order valence-corrected chi connectivity index (χ2v) is 6.95. The summed E-state index contributed by atoms with van der Waals surface area (Å²) in [6.07, 6.45) is 1.06.